The van der Waals surface area contributed by atoms with E-state index in [2.05, 4.69) is 56.5 Å². The predicted molar refractivity (Wildman–Crippen MR) is 88.4 cm³/mol. The van der Waals surface area contributed by atoms with Crippen molar-refractivity contribution in [1.82, 2.24) is 9.55 Å². The van der Waals surface area contributed by atoms with Gasteiger partial charge in [-0.3, -0.25) is 0 Å². The van der Waals surface area contributed by atoms with Gasteiger partial charge in [0, 0.05) is 17.5 Å². The minimum Gasteiger partial charge on any atom is -0.383 e. The molecule has 112 valence electrons. The van der Waals surface area contributed by atoms with Crippen LogP contribution in [0.25, 0.3) is 11.3 Å². The van der Waals surface area contributed by atoms with Gasteiger partial charge in [-0.2, -0.15) is 0 Å². The molecule has 1 aliphatic carbocycles. The van der Waals surface area contributed by atoms with Crippen molar-refractivity contribution >= 4 is 5.82 Å². The van der Waals surface area contributed by atoms with Crippen LogP contribution in [0.2, 0.25) is 0 Å². The van der Waals surface area contributed by atoms with Crippen molar-refractivity contribution in [2.24, 2.45) is 0 Å². The second-order valence-corrected chi connectivity index (χ2v) is 7.03. The zero-order valence-corrected chi connectivity index (χ0v) is 13.5. The molecule has 0 radical (unpaired) electrons. The van der Waals surface area contributed by atoms with E-state index in [0.29, 0.717) is 5.92 Å². The number of aromatic nitrogens is 2. The van der Waals surface area contributed by atoms with Crippen molar-refractivity contribution in [1.29, 1.82) is 0 Å². The van der Waals surface area contributed by atoms with Crippen LogP contribution in [-0.2, 0) is 12.0 Å². The van der Waals surface area contributed by atoms with Crippen molar-refractivity contribution in [3.8, 4) is 11.3 Å². The topological polar surface area (TPSA) is 43.8 Å². The quantitative estimate of drug-likeness (QED) is 0.911. The Bertz CT molecular complexity index is 658. The monoisotopic (exact) mass is 283 g/mol. The molecule has 21 heavy (non-hydrogen) atoms. The third-order valence-corrected chi connectivity index (χ3v) is 4.23. The molecule has 3 heteroatoms. The van der Waals surface area contributed by atoms with Crippen molar-refractivity contribution in [2.75, 3.05) is 5.73 Å². The molecule has 1 aliphatic rings. The summed E-state index contributed by atoms with van der Waals surface area (Å²) in [6.07, 6.45) is 2.58. The fourth-order valence-electron chi connectivity index (χ4n) is 3.02. The minimum absolute atomic E-state index is 0.00307. The fraction of sp³-hybridized carbons (Fsp3) is 0.500. The van der Waals surface area contributed by atoms with Gasteiger partial charge < -0.3 is 10.3 Å². The Balaban J connectivity index is 2.18. The van der Waals surface area contributed by atoms with Crippen LogP contribution in [0, 0.1) is 0 Å². The molecule has 2 aromatic rings. The van der Waals surface area contributed by atoms with Crippen LogP contribution in [0.5, 0.6) is 0 Å². The largest absolute Gasteiger partial charge is 0.383 e. The van der Waals surface area contributed by atoms with Gasteiger partial charge in [0.1, 0.15) is 17.3 Å². The van der Waals surface area contributed by atoms with E-state index < -0.39 is 0 Å². The first-order chi connectivity index (χ1) is 9.93. The average Bonchev–Trinajstić information content (AvgIpc) is 3.21. The molecule has 1 aromatic carbocycles. The Kier molecular flexibility index (Phi) is 3.31. The Morgan fingerprint density at radius 3 is 2.43 bits per heavy atom. The normalized spacial score (nSPS) is 15.4. The maximum atomic E-state index is 6.43. The third kappa shape index (κ3) is 2.45. The molecular weight excluding hydrogens is 258 g/mol. The highest BCUT2D eigenvalue weighted by Crippen LogP contribution is 2.45. The number of rotatable bonds is 3. The van der Waals surface area contributed by atoms with E-state index >= 15 is 0 Å². The van der Waals surface area contributed by atoms with Crippen molar-refractivity contribution < 1.29 is 0 Å². The Morgan fingerprint density at radius 1 is 1.24 bits per heavy atom. The number of nitrogens with zero attached hydrogens (tertiary/aromatic N) is 2. The van der Waals surface area contributed by atoms with Gasteiger partial charge in [0.05, 0.1) is 0 Å². The lowest BCUT2D eigenvalue weighted by atomic mass is 9.95. The van der Waals surface area contributed by atoms with E-state index in [1.165, 1.54) is 24.0 Å². The van der Waals surface area contributed by atoms with Gasteiger partial charge in [0.15, 0.2) is 0 Å². The first-order valence-corrected chi connectivity index (χ1v) is 7.89. The molecule has 0 amide bonds. The van der Waals surface area contributed by atoms with Gasteiger partial charge in [-0.05, 0) is 31.2 Å². The van der Waals surface area contributed by atoms with E-state index in [1.54, 1.807) is 0 Å². The number of imidazole rings is 1. The van der Waals surface area contributed by atoms with Crippen molar-refractivity contribution in [2.45, 2.75) is 58.4 Å². The molecule has 3 nitrogen and oxygen atoms in total. The second kappa shape index (κ2) is 4.90. The minimum atomic E-state index is -0.00307. The van der Waals surface area contributed by atoms with Crippen molar-refractivity contribution in [3.63, 3.8) is 0 Å². The fourth-order valence-corrected chi connectivity index (χ4v) is 3.02. The molecule has 0 atom stereocenters. The predicted octanol–water partition coefficient (Wildman–Crippen LogP) is 4.33. The molecule has 1 heterocycles. The standard InChI is InChI=1S/C18H25N3/c1-5-21-16(19)15(20-17(21)18(2,3)4)14-9-7-6-8-13(14)12-10-11-12/h6-9,12H,5,10-11,19H2,1-4H3. The van der Waals surface area contributed by atoms with Crippen LogP contribution in [0.15, 0.2) is 24.3 Å². The van der Waals surface area contributed by atoms with Crippen LogP contribution in [0.1, 0.15) is 57.8 Å². The Morgan fingerprint density at radius 2 is 1.90 bits per heavy atom. The molecule has 0 bridgehead atoms. The maximum Gasteiger partial charge on any atom is 0.131 e. The molecule has 1 saturated carbocycles. The van der Waals surface area contributed by atoms with Crippen molar-refractivity contribution in [3.05, 3.63) is 35.7 Å². The molecule has 2 N–H and O–H groups in total. The highest BCUT2D eigenvalue weighted by atomic mass is 15.1. The SMILES string of the molecule is CCn1c(C(C)(C)C)nc(-c2ccccc2C2CC2)c1N. The number of nitrogens with two attached hydrogens (primary N) is 1. The highest BCUT2D eigenvalue weighted by molar-refractivity contribution is 5.75. The molecule has 3 rings (SSSR count). The van der Waals surface area contributed by atoms with E-state index in [-0.39, 0.29) is 5.41 Å². The lowest BCUT2D eigenvalue weighted by Gasteiger charge is -2.19. The Hall–Kier alpha value is -1.77. The number of benzene rings is 1. The van der Waals surface area contributed by atoms with Crippen LogP contribution >= 0.6 is 0 Å². The van der Waals surface area contributed by atoms with Gasteiger partial charge in [-0.15, -0.1) is 0 Å². The van der Waals surface area contributed by atoms with Gasteiger partial charge in [0.2, 0.25) is 0 Å². The second-order valence-electron chi connectivity index (χ2n) is 7.03. The number of hydrogen-bond acceptors (Lipinski definition) is 2. The van der Waals surface area contributed by atoms with Gasteiger partial charge in [0.25, 0.3) is 0 Å². The summed E-state index contributed by atoms with van der Waals surface area (Å²) in [5.41, 5.74) is 10.0. The number of nitrogen functional groups attached to an aromatic ring is 1. The van der Waals surface area contributed by atoms with Gasteiger partial charge >= 0.3 is 0 Å². The van der Waals surface area contributed by atoms with Gasteiger partial charge in [-0.25, -0.2) is 4.98 Å². The summed E-state index contributed by atoms with van der Waals surface area (Å²) in [6.45, 7) is 9.56. The zero-order valence-electron chi connectivity index (χ0n) is 13.5. The first kappa shape index (κ1) is 14.2. The number of anilines is 1. The van der Waals surface area contributed by atoms with E-state index in [4.69, 9.17) is 10.7 Å². The van der Waals surface area contributed by atoms with Gasteiger partial charge in [-0.1, -0.05) is 45.0 Å². The molecule has 0 saturated heterocycles. The van der Waals surface area contributed by atoms with E-state index in [0.717, 1.165) is 23.9 Å². The summed E-state index contributed by atoms with van der Waals surface area (Å²) in [7, 11) is 0. The molecular formula is C18H25N3. The molecule has 0 aliphatic heterocycles. The average molecular weight is 283 g/mol. The van der Waals surface area contributed by atoms with Crippen LogP contribution < -0.4 is 5.73 Å². The summed E-state index contributed by atoms with van der Waals surface area (Å²) in [5.74, 6) is 2.57. The number of hydrogen-bond donors (Lipinski definition) is 1. The first-order valence-electron chi connectivity index (χ1n) is 7.89. The zero-order chi connectivity index (χ0) is 15.2. The molecule has 0 unspecified atom stereocenters. The smallest absolute Gasteiger partial charge is 0.131 e. The van der Waals surface area contributed by atoms with Crippen LogP contribution in [-0.4, -0.2) is 9.55 Å². The summed E-state index contributed by atoms with van der Waals surface area (Å²) in [4.78, 5) is 4.93. The molecule has 0 spiro atoms. The summed E-state index contributed by atoms with van der Waals surface area (Å²) < 4.78 is 2.15. The summed E-state index contributed by atoms with van der Waals surface area (Å²) in [5, 5.41) is 0. The van der Waals surface area contributed by atoms with Crippen LogP contribution in [0.4, 0.5) is 5.82 Å². The van der Waals surface area contributed by atoms with E-state index in [1.807, 2.05) is 0 Å². The van der Waals surface area contributed by atoms with Crippen LogP contribution in [0.3, 0.4) is 0 Å². The Labute approximate surface area is 127 Å². The van der Waals surface area contributed by atoms with E-state index in [9.17, 15) is 0 Å². The lowest BCUT2D eigenvalue weighted by molar-refractivity contribution is 0.508. The summed E-state index contributed by atoms with van der Waals surface area (Å²) >= 11 is 0. The molecule has 1 aromatic heterocycles. The molecule has 1 fully saturated rings. The highest BCUT2D eigenvalue weighted by Gasteiger charge is 2.30. The summed E-state index contributed by atoms with van der Waals surface area (Å²) in [6, 6.07) is 8.60. The lowest BCUT2D eigenvalue weighted by Crippen LogP contribution is -2.19. The maximum absolute atomic E-state index is 6.43. The third-order valence-electron chi connectivity index (χ3n) is 4.23.